The average molecular weight is 334 g/mol. The number of hydrogen-bond acceptors (Lipinski definition) is 5. The molecule has 0 unspecified atom stereocenters. The molecular weight excluding hydrogens is 312 g/mol. The van der Waals surface area contributed by atoms with E-state index < -0.39 is 29.3 Å². The first kappa shape index (κ1) is 28.3. The van der Waals surface area contributed by atoms with Gasteiger partial charge in [-0.2, -0.15) is 0 Å². The molecule has 0 amide bonds. The van der Waals surface area contributed by atoms with Crippen LogP contribution in [0.15, 0.2) is 38.0 Å². The van der Waals surface area contributed by atoms with Crippen molar-refractivity contribution in [3.63, 3.8) is 0 Å². The molecule has 0 saturated heterocycles. The van der Waals surface area contributed by atoms with Crippen LogP contribution in [0.1, 0.15) is 13.8 Å². The Morgan fingerprint density at radius 1 is 0.783 bits per heavy atom. The molecule has 9 nitrogen and oxygen atoms in total. The Hall–Kier alpha value is -2.94. The molecule has 0 atom stereocenters. The fraction of sp³-hybridized carbons (Fsp3) is 0.286. The second-order valence-corrected chi connectivity index (χ2v) is 3.97. The van der Waals surface area contributed by atoms with Crippen LogP contribution in [0, 0.1) is 5.41 Å². The van der Waals surface area contributed by atoms with Crippen LogP contribution in [0.2, 0.25) is 0 Å². The number of carboxylic acid groups (broad SMARTS) is 4. The quantitative estimate of drug-likeness (QED) is 0.457. The number of carboxylic acids is 4. The third kappa shape index (κ3) is 38.1. The van der Waals surface area contributed by atoms with E-state index in [0.29, 0.717) is 0 Å². The molecule has 132 valence electrons. The van der Waals surface area contributed by atoms with Gasteiger partial charge in [-0.25, -0.2) is 14.4 Å². The van der Waals surface area contributed by atoms with E-state index in [1.54, 1.807) is 0 Å². The van der Waals surface area contributed by atoms with Gasteiger partial charge in [0.15, 0.2) is 0 Å². The van der Waals surface area contributed by atoms with Gasteiger partial charge in [0.1, 0.15) is 0 Å². The van der Waals surface area contributed by atoms with Crippen LogP contribution < -0.4 is 0 Å². The summed E-state index contributed by atoms with van der Waals surface area (Å²) in [5.41, 5.74) is -0.986. The molecule has 0 aromatic rings. The molecule has 0 aliphatic heterocycles. The van der Waals surface area contributed by atoms with E-state index in [0.717, 1.165) is 18.2 Å². The molecule has 0 aromatic carbocycles. The van der Waals surface area contributed by atoms with Gasteiger partial charge in [-0.1, -0.05) is 19.7 Å². The van der Waals surface area contributed by atoms with Crippen molar-refractivity contribution in [2.75, 3.05) is 6.61 Å². The number of aliphatic hydroxyl groups is 1. The van der Waals surface area contributed by atoms with Crippen LogP contribution in [-0.2, 0) is 19.2 Å². The Labute approximate surface area is 133 Å². The molecule has 0 spiro atoms. The minimum absolute atomic E-state index is 0.317. The van der Waals surface area contributed by atoms with Crippen molar-refractivity contribution < 1.29 is 44.7 Å². The molecule has 0 fully saturated rings. The van der Waals surface area contributed by atoms with E-state index in [2.05, 4.69) is 19.7 Å². The molecule has 9 heteroatoms. The Morgan fingerprint density at radius 3 is 0.957 bits per heavy atom. The average Bonchev–Trinajstić information content (AvgIpc) is 2.48. The summed E-state index contributed by atoms with van der Waals surface area (Å²) in [5.74, 6) is -3.92. The Bertz CT molecular complexity index is 379. The molecule has 0 saturated carbocycles. The van der Waals surface area contributed by atoms with Crippen molar-refractivity contribution in [1.82, 2.24) is 0 Å². The molecular formula is C14H22O9. The van der Waals surface area contributed by atoms with Crippen LogP contribution in [0.3, 0.4) is 0 Å². The van der Waals surface area contributed by atoms with E-state index in [4.69, 9.17) is 25.5 Å². The molecule has 23 heavy (non-hydrogen) atoms. The summed E-state index contributed by atoms with van der Waals surface area (Å²) in [5, 5.41) is 39.5. The van der Waals surface area contributed by atoms with Gasteiger partial charge in [-0.3, -0.25) is 4.79 Å². The zero-order chi connectivity index (χ0) is 19.6. The summed E-state index contributed by atoms with van der Waals surface area (Å²) in [6.45, 7) is 11.5. The van der Waals surface area contributed by atoms with E-state index in [1.165, 1.54) is 13.8 Å². The number of carbonyl (C=O) groups is 4. The Kier molecular flexibility index (Phi) is 21.0. The zero-order valence-electron chi connectivity index (χ0n) is 12.9. The lowest BCUT2D eigenvalue weighted by Crippen LogP contribution is -2.27. The highest BCUT2D eigenvalue weighted by Crippen LogP contribution is 2.12. The maximum Gasteiger partial charge on any atom is 0.327 e. The summed E-state index contributed by atoms with van der Waals surface area (Å²) < 4.78 is 0. The lowest BCUT2D eigenvalue weighted by molar-refractivity contribution is -0.149. The lowest BCUT2D eigenvalue weighted by atomic mass is 9.96. The van der Waals surface area contributed by atoms with E-state index >= 15 is 0 Å². The maximum absolute atomic E-state index is 10.1. The predicted molar refractivity (Wildman–Crippen MR) is 82.0 cm³/mol. The summed E-state index contributed by atoms with van der Waals surface area (Å²) in [4.78, 5) is 37.8. The second kappa shape index (κ2) is 17.1. The van der Waals surface area contributed by atoms with Crippen molar-refractivity contribution in [1.29, 1.82) is 0 Å². The number of aliphatic hydroxyl groups excluding tert-OH is 1. The van der Waals surface area contributed by atoms with Gasteiger partial charge >= 0.3 is 23.9 Å². The third-order valence-electron chi connectivity index (χ3n) is 1.50. The molecule has 5 N–H and O–H groups in total. The van der Waals surface area contributed by atoms with Gasteiger partial charge < -0.3 is 25.5 Å². The Morgan fingerprint density at radius 2 is 0.957 bits per heavy atom. The summed E-state index contributed by atoms with van der Waals surface area (Å²) in [6.07, 6.45) is 2.50. The first-order valence-electron chi connectivity index (χ1n) is 5.72. The maximum atomic E-state index is 10.1. The third-order valence-corrected chi connectivity index (χ3v) is 1.50. The molecule has 0 radical (unpaired) electrons. The van der Waals surface area contributed by atoms with Crippen molar-refractivity contribution in [2.45, 2.75) is 13.8 Å². The minimum atomic E-state index is -0.986. The minimum Gasteiger partial charge on any atom is -0.481 e. The normalized spacial score (nSPS) is 8.13. The second-order valence-electron chi connectivity index (χ2n) is 3.97. The number of rotatable bonds is 5. The van der Waals surface area contributed by atoms with Crippen molar-refractivity contribution in [2.24, 2.45) is 5.41 Å². The fourth-order valence-corrected chi connectivity index (χ4v) is 0.0676. The van der Waals surface area contributed by atoms with Crippen LogP contribution in [0.4, 0.5) is 0 Å². The van der Waals surface area contributed by atoms with Gasteiger partial charge in [0.25, 0.3) is 0 Å². The van der Waals surface area contributed by atoms with Crippen LogP contribution in [0.25, 0.3) is 0 Å². The van der Waals surface area contributed by atoms with Crippen molar-refractivity contribution >= 4 is 23.9 Å². The standard InChI is InChI=1S/C5H10O3.3C3H4O2/c1-5(2,3-6)4(7)8;3*1-2-3(4)5/h6H,3H2,1-2H3,(H,7,8);3*2H,1H2,(H,4,5). The number of aliphatic carboxylic acids is 4. The first-order valence-corrected chi connectivity index (χ1v) is 5.72. The number of hydrogen-bond donors (Lipinski definition) is 5. The van der Waals surface area contributed by atoms with Crippen molar-refractivity contribution in [3.8, 4) is 0 Å². The highest BCUT2D eigenvalue weighted by molar-refractivity contribution is 5.79. The topological polar surface area (TPSA) is 169 Å². The highest BCUT2D eigenvalue weighted by Gasteiger charge is 2.25. The highest BCUT2D eigenvalue weighted by atomic mass is 16.4. The van der Waals surface area contributed by atoms with E-state index in [-0.39, 0.29) is 6.61 Å². The van der Waals surface area contributed by atoms with Crippen LogP contribution in [-0.4, -0.2) is 56.0 Å². The largest absolute Gasteiger partial charge is 0.481 e. The molecule has 0 aliphatic carbocycles. The predicted octanol–water partition coefficient (Wildman–Crippen LogP) is 0.860. The molecule has 0 bridgehead atoms. The Balaban J connectivity index is -0.000000108. The van der Waals surface area contributed by atoms with Gasteiger partial charge in [-0.05, 0) is 13.8 Å². The van der Waals surface area contributed by atoms with Crippen LogP contribution in [0.5, 0.6) is 0 Å². The van der Waals surface area contributed by atoms with E-state index in [1.807, 2.05) is 0 Å². The molecule has 0 aliphatic rings. The smallest absolute Gasteiger partial charge is 0.327 e. The monoisotopic (exact) mass is 334 g/mol. The fourth-order valence-electron chi connectivity index (χ4n) is 0.0676. The van der Waals surface area contributed by atoms with Gasteiger partial charge in [0.05, 0.1) is 12.0 Å². The summed E-state index contributed by atoms with van der Waals surface area (Å²) in [6, 6.07) is 0. The van der Waals surface area contributed by atoms with E-state index in [9.17, 15) is 19.2 Å². The van der Waals surface area contributed by atoms with Gasteiger partial charge in [-0.15, -0.1) is 0 Å². The summed E-state index contributed by atoms with van der Waals surface area (Å²) in [7, 11) is 0. The molecule has 0 aromatic heterocycles. The lowest BCUT2D eigenvalue weighted by Gasteiger charge is -2.13. The SMILES string of the molecule is C=CC(=O)O.C=CC(=O)O.C=CC(=O)O.CC(C)(CO)C(=O)O. The van der Waals surface area contributed by atoms with Crippen molar-refractivity contribution in [3.05, 3.63) is 38.0 Å². The zero-order valence-corrected chi connectivity index (χ0v) is 12.9. The molecule has 0 heterocycles. The van der Waals surface area contributed by atoms with Gasteiger partial charge in [0.2, 0.25) is 0 Å². The van der Waals surface area contributed by atoms with Gasteiger partial charge in [0, 0.05) is 18.2 Å². The molecule has 0 rings (SSSR count). The summed E-state index contributed by atoms with van der Waals surface area (Å²) >= 11 is 0. The first-order chi connectivity index (χ1) is 10.3. The van der Waals surface area contributed by atoms with Crippen LogP contribution >= 0.6 is 0 Å².